The number of thiophene rings is 1. The molecule has 0 aliphatic carbocycles. The standard InChI is InChI=1S/C11H18N2S/c1-9-6-13(4-3-12-9)7-11-5-10(2)14-8-11/h5,8-9,12H,3-4,6-7H2,1-2H3/t9-/m0/s1. The molecule has 1 aromatic heterocycles. The topological polar surface area (TPSA) is 15.3 Å². The largest absolute Gasteiger partial charge is 0.312 e. The van der Waals surface area contributed by atoms with E-state index in [1.165, 1.54) is 23.5 Å². The predicted molar refractivity (Wildman–Crippen MR) is 61.8 cm³/mol. The van der Waals surface area contributed by atoms with Gasteiger partial charge < -0.3 is 5.32 Å². The average molecular weight is 210 g/mol. The summed E-state index contributed by atoms with van der Waals surface area (Å²) in [4.78, 5) is 3.95. The summed E-state index contributed by atoms with van der Waals surface area (Å²) in [6.07, 6.45) is 0. The van der Waals surface area contributed by atoms with Crippen molar-refractivity contribution in [1.82, 2.24) is 10.2 Å². The fourth-order valence-corrected chi connectivity index (χ4v) is 2.69. The van der Waals surface area contributed by atoms with Crippen LogP contribution in [0.3, 0.4) is 0 Å². The molecule has 0 saturated carbocycles. The molecule has 1 aromatic rings. The van der Waals surface area contributed by atoms with E-state index in [0.29, 0.717) is 6.04 Å². The van der Waals surface area contributed by atoms with Gasteiger partial charge in [0.1, 0.15) is 0 Å². The average Bonchev–Trinajstić information content (AvgIpc) is 2.51. The maximum Gasteiger partial charge on any atom is 0.0243 e. The first-order valence-corrected chi connectivity index (χ1v) is 6.12. The highest BCUT2D eigenvalue weighted by Crippen LogP contribution is 2.15. The predicted octanol–water partition coefficient (Wildman–Crippen LogP) is 1.85. The van der Waals surface area contributed by atoms with Crippen molar-refractivity contribution < 1.29 is 0 Å². The molecule has 0 radical (unpaired) electrons. The van der Waals surface area contributed by atoms with E-state index in [2.05, 4.69) is 35.5 Å². The molecule has 14 heavy (non-hydrogen) atoms. The molecule has 78 valence electrons. The van der Waals surface area contributed by atoms with Crippen LogP contribution in [0.25, 0.3) is 0 Å². The van der Waals surface area contributed by atoms with Gasteiger partial charge in [0.05, 0.1) is 0 Å². The zero-order valence-corrected chi connectivity index (χ0v) is 9.73. The summed E-state index contributed by atoms with van der Waals surface area (Å²) in [5.74, 6) is 0. The lowest BCUT2D eigenvalue weighted by Gasteiger charge is -2.31. The normalized spacial score (nSPS) is 24.0. The Morgan fingerprint density at radius 3 is 3.14 bits per heavy atom. The Kier molecular flexibility index (Phi) is 3.21. The molecule has 1 aliphatic rings. The molecule has 2 nitrogen and oxygen atoms in total. The lowest BCUT2D eigenvalue weighted by atomic mass is 10.2. The molecule has 1 atom stereocenters. The second-order valence-corrected chi connectivity index (χ2v) is 5.27. The van der Waals surface area contributed by atoms with Crippen molar-refractivity contribution in [3.05, 3.63) is 21.9 Å². The highest BCUT2D eigenvalue weighted by atomic mass is 32.1. The first kappa shape index (κ1) is 10.1. The molecule has 0 unspecified atom stereocenters. The third kappa shape index (κ3) is 2.56. The fourth-order valence-electron chi connectivity index (χ4n) is 1.99. The van der Waals surface area contributed by atoms with Crippen molar-refractivity contribution in [1.29, 1.82) is 0 Å². The van der Waals surface area contributed by atoms with Gasteiger partial charge in [0, 0.05) is 37.1 Å². The highest BCUT2D eigenvalue weighted by Gasteiger charge is 2.15. The van der Waals surface area contributed by atoms with Gasteiger partial charge in [-0.2, -0.15) is 0 Å². The van der Waals surface area contributed by atoms with E-state index in [0.717, 1.165) is 13.1 Å². The molecular formula is C11H18N2S. The molecule has 3 heteroatoms. The Hall–Kier alpha value is -0.380. The van der Waals surface area contributed by atoms with Gasteiger partial charge in [-0.05, 0) is 30.9 Å². The number of hydrogen-bond donors (Lipinski definition) is 1. The highest BCUT2D eigenvalue weighted by molar-refractivity contribution is 7.10. The van der Waals surface area contributed by atoms with E-state index < -0.39 is 0 Å². The SMILES string of the molecule is Cc1cc(CN2CCN[C@@H](C)C2)cs1. The quantitative estimate of drug-likeness (QED) is 0.801. The zero-order chi connectivity index (χ0) is 9.97. The maximum atomic E-state index is 3.46. The summed E-state index contributed by atoms with van der Waals surface area (Å²) in [6.45, 7) is 9.04. The number of rotatable bonds is 2. The third-order valence-electron chi connectivity index (χ3n) is 2.64. The molecule has 1 aliphatic heterocycles. The van der Waals surface area contributed by atoms with E-state index in [4.69, 9.17) is 0 Å². The van der Waals surface area contributed by atoms with Crippen molar-refractivity contribution in [2.24, 2.45) is 0 Å². The molecule has 1 fully saturated rings. The first-order valence-electron chi connectivity index (χ1n) is 5.24. The Morgan fingerprint density at radius 2 is 2.50 bits per heavy atom. The lowest BCUT2D eigenvalue weighted by Crippen LogP contribution is -2.48. The fraction of sp³-hybridized carbons (Fsp3) is 0.636. The van der Waals surface area contributed by atoms with Crippen molar-refractivity contribution in [2.45, 2.75) is 26.4 Å². The Balaban J connectivity index is 1.90. The first-order chi connectivity index (χ1) is 6.74. The van der Waals surface area contributed by atoms with Crippen LogP contribution < -0.4 is 5.32 Å². The summed E-state index contributed by atoms with van der Waals surface area (Å²) >= 11 is 1.85. The maximum absolute atomic E-state index is 3.46. The summed E-state index contributed by atoms with van der Waals surface area (Å²) in [6, 6.07) is 2.95. The monoisotopic (exact) mass is 210 g/mol. The Bertz CT molecular complexity index is 295. The van der Waals surface area contributed by atoms with Crippen molar-refractivity contribution >= 4 is 11.3 Å². The number of aryl methyl sites for hydroxylation is 1. The third-order valence-corrected chi connectivity index (χ3v) is 3.55. The van der Waals surface area contributed by atoms with E-state index >= 15 is 0 Å². The van der Waals surface area contributed by atoms with Crippen LogP contribution >= 0.6 is 11.3 Å². The van der Waals surface area contributed by atoms with Crippen molar-refractivity contribution in [3.8, 4) is 0 Å². The van der Waals surface area contributed by atoms with E-state index in [-0.39, 0.29) is 0 Å². The van der Waals surface area contributed by atoms with Gasteiger partial charge in [-0.15, -0.1) is 11.3 Å². The van der Waals surface area contributed by atoms with Gasteiger partial charge in [0.25, 0.3) is 0 Å². The second kappa shape index (κ2) is 4.43. The molecule has 0 aromatic carbocycles. The smallest absolute Gasteiger partial charge is 0.0243 e. The molecular weight excluding hydrogens is 192 g/mol. The lowest BCUT2D eigenvalue weighted by molar-refractivity contribution is 0.200. The van der Waals surface area contributed by atoms with Gasteiger partial charge in [-0.3, -0.25) is 4.90 Å². The van der Waals surface area contributed by atoms with Gasteiger partial charge >= 0.3 is 0 Å². The number of nitrogens with zero attached hydrogens (tertiary/aromatic N) is 1. The minimum atomic E-state index is 0.642. The summed E-state index contributed by atoms with van der Waals surface area (Å²) in [5, 5.41) is 5.74. The summed E-state index contributed by atoms with van der Waals surface area (Å²) in [5.41, 5.74) is 1.47. The molecule has 0 bridgehead atoms. The molecule has 2 heterocycles. The Labute approximate surface area is 89.9 Å². The van der Waals surface area contributed by atoms with Gasteiger partial charge in [0.2, 0.25) is 0 Å². The van der Waals surface area contributed by atoms with Crippen LogP contribution in [0.2, 0.25) is 0 Å². The molecule has 1 N–H and O–H groups in total. The number of piperazine rings is 1. The van der Waals surface area contributed by atoms with Crippen LogP contribution in [-0.4, -0.2) is 30.6 Å². The van der Waals surface area contributed by atoms with Crippen LogP contribution in [0.5, 0.6) is 0 Å². The molecule has 0 amide bonds. The number of hydrogen-bond acceptors (Lipinski definition) is 3. The van der Waals surface area contributed by atoms with Gasteiger partial charge in [0.15, 0.2) is 0 Å². The molecule has 2 rings (SSSR count). The Morgan fingerprint density at radius 1 is 1.64 bits per heavy atom. The van der Waals surface area contributed by atoms with E-state index in [9.17, 15) is 0 Å². The van der Waals surface area contributed by atoms with Crippen LogP contribution in [0.4, 0.5) is 0 Å². The van der Waals surface area contributed by atoms with Crippen molar-refractivity contribution in [3.63, 3.8) is 0 Å². The number of nitrogens with one attached hydrogen (secondary N) is 1. The minimum absolute atomic E-state index is 0.642. The molecule has 0 spiro atoms. The van der Waals surface area contributed by atoms with Gasteiger partial charge in [-0.25, -0.2) is 0 Å². The second-order valence-electron chi connectivity index (χ2n) is 4.16. The van der Waals surface area contributed by atoms with E-state index in [1.54, 1.807) is 0 Å². The van der Waals surface area contributed by atoms with Crippen LogP contribution in [0, 0.1) is 6.92 Å². The van der Waals surface area contributed by atoms with Crippen molar-refractivity contribution in [2.75, 3.05) is 19.6 Å². The minimum Gasteiger partial charge on any atom is -0.312 e. The summed E-state index contributed by atoms with van der Waals surface area (Å²) in [7, 11) is 0. The van der Waals surface area contributed by atoms with Crippen LogP contribution in [-0.2, 0) is 6.54 Å². The summed E-state index contributed by atoms with van der Waals surface area (Å²) < 4.78 is 0. The van der Waals surface area contributed by atoms with Gasteiger partial charge in [-0.1, -0.05) is 0 Å². The molecule has 1 saturated heterocycles. The van der Waals surface area contributed by atoms with Crippen LogP contribution in [0.1, 0.15) is 17.4 Å². The zero-order valence-electron chi connectivity index (χ0n) is 8.92. The van der Waals surface area contributed by atoms with Crippen LogP contribution in [0.15, 0.2) is 11.4 Å². The van der Waals surface area contributed by atoms with E-state index in [1.807, 2.05) is 11.3 Å².